The summed E-state index contributed by atoms with van der Waals surface area (Å²) in [6.07, 6.45) is 10.0. The molecule has 0 aliphatic carbocycles. The fraction of sp³-hybridized carbons (Fsp3) is 0. The number of pyridine rings is 1. The summed E-state index contributed by atoms with van der Waals surface area (Å²) in [6, 6.07) is 7.04. The number of carbonyl (C=O) groups excluding carboxylic acids is 1. The quantitative estimate of drug-likeness (QED) is 0.902. The number of rotatable bonds is 3. The van der Waals surface area contributed by atoms with Crippen LogP contribution in [0.3, 0.4) is 0 Å². The number of allylic oxidation sites excluding steroid dienone is 3. The van der Waals surface area contributed by atoms with Crippen molar-refractivity contribution in [2.75, 3.05) is 0 Å². The van der Waals surface area contributed by atoms with Crippen molar-refractivity contribution < 1.29 is 9.21 Å². The van der Waals surface area contributed by atoms with Crippen molar-refractivity contribution in [2.45, 2.75) is 0 Å². The van der Waals surface area contributed by atoms with E-state index in [1.807, 2.05) is 12.1 Å². The molecule has 2 aromatic rings. The summed E-state index contributed by atoms with van der Waals surface area (Å²) in [5.74, 6) is 0.487. The predicted molar refractivity (Wildman–Crippen MR) is 78.3 cm³/mol. The van der Waals surface area contributed by atoms with Crippen LogP contribution in [-0.4, -0.2) is 17.1 Å². The summed E-state index contributed by atoms with van der Waals surface area (Å²) in [5, 5.41) is 6.58. The molecular formula is C15H12N4O2. The van der Waals surface area contributed by atoms with Crippen LogP contribution in [0.2, 0.25) is 0 Å². The maximum atomic E-state index is 12.1. The van der Waals surface area contributed by atoms with Crippen LogP contribution in [0, 0.1) is 0 Å². The highest BCUT2D eigenvalue weighted by atomic mass is 16.3. The molecule has 2 aromatic heterocycles. The molecule has 104 valence electrons. The Balaban J connectivity index is 1.76. The maximum Gasteiger partial charge on any atom is 0.291 e. The van der Waals surface area contributed by atoms with E-state index in [9.17, 15) is 4.79 Å². The first-order valence-corrected chi connectivity index (χ1v) is 6.30. The fourth-order valence-electron chi connectivity index (χ4n) is 1.78. The summed E-state index contributed by atoms with van der Waals surface area (Å²) in [5.41, 5.74) is 4.06. The SMILES string of the molecule is O=C(NC1=CC=CNN=C1)c1ccc(-c2cccnc2)o1. The Morgan fingerprint density at radius 2 is 2.24 bits per heavy atom. The molecule has 1 amide bonds. The van der Waals surface area contributed by atoms with Crippen molar-refractivity contribution in [3.63, 3.8) is 0 Å². The third-order valence-corrected chi connectivity index (χ3v) is 2.76. The number of amides is 1. The number of nitrogens with zero attached hydrogens (tertiary/aromatic N) is 2. The summed E-state index contributed by atoms with van der Waals surface area (Å²) < 4.78 is 5.55. The largest absolute Gasteiger partial charge is 0.451 e. The molecule has 3 heterocycles. The van der Waals surface area contributed by atoms with E-state index in [1.54, 1.807) is 42.9 Å². The Hall–Kier alpha value is -3.15. The first-order chi connectivity index (χ1) is 10.3. The molecule has 1 aliphatic heterocycles. The maximum absolute atomic E-state index is 12.1. The van der Waals surface area contributed by atoms with Crippen LogP contribution >= 0.6 is 0 Å². The fourth-order valence-corrected chi connectivity index (χ4v) is 1.78. The van der Waals surface area contributed by atoms with Gasteiger partial charge in [0.15, 0.2) is 5.76 Å². The molecule has 3 rings (SSSR count). The average Bonchev–Trinajstić information content (AvgIpc) is 2.88. The van der Waals surface area contributed by atoms with E-state index < -0.39 is 0 Å². The third-order valence-electron chi connectivity index (χ3n) is 2.76. The van der Waals surface area contributed by atoms with Gasteiger partial charge >= 0.3 is 0 Å². The van der Waals surface area contributed by atoms with Gasteiger partial charge in [-0.25, -0.2) is 0 Å². The minimum absolute atomic E-state index is 0.226. The lowest BCUT2D eigenvalue weighted by Gasteiger charge is -2.02. The second kappa shape index (κ2) is 5.87. The summed E-state index contributed by atoms with van der Waals surface area (Å²) in [6.45, 7) is 0. The molecule has 21 heavy (non-hydrogen) atoms. The lowest BCUT2D eigenvalue weighted by molar-refractivity contribution is 0.0941. The lowest BCUT2D eigenvalue weighted by Crippen LogP contribution is -2.23. The Labute approximate surface area is 120 Å². The minimum Gasteiger partial charge on any atom is -0.451 e. The molecule has 0 bridgehead atoms. The van der Waals surface area contributed by atoms with Gasteiger partial charge in [-0.05, 0) is 36.4 Å². The van der Waals surface area contributed by atoms with E-state index in [4.69, 9.17) is 4.42 Å². The number of furan rings is 1. The van der Waals surface area contributed by atoms with Crippen LogP contribution in [0.15, 0.2) is 70.2 Å². The molecule has 6 heteroatoms. The van der Waals surface area contributed by atoms with Crippen molar-refractivity contribution in [1.29, 1.82) is 0 Å². The molecule has 0 saturated heterocycles. The zero-order chi connectivity index (χ0) is 14.5. The molecule has 0 spiro atoms. The Morgan fingerprint density at radius 1 is 1.29 bits per heavy atom. The number of hydrogen-bond donors (Lipinski definition) is 2. The van der Waals surface area contributed by atoms with Crippen LogP contribution < -0.4 is 10.7 Å². The van der Waals surface area contributed by atoms with E-state index in [0.29, 0.717) is 11.5 Å². The van der Waals surface area contributed by atoms with Crippen molar-refractivity contribution in [3.05, 3.63) is 66.5 Å². The van der Waals surface area contributed by atoms with Crippen LogP contribution in [-0.2, 0) is 0 Å². The molecule has 0 radical (unpaired) electrons. The normalized spacial score (nSPS) is 13.2. The molecular weight excluding hydrogens is 268 g/mol. The van der Waals surface area contributed by atoms with Gasteiger partial charge in [-0.15, -0.1) is 0 Å². The average molecular weight is 280 g/mol. The van der Waals surface area contributed by atoms with Crippen molar-refractivity contribution in [3.8, 4) is 11.3 Å². The second-order valence-electron chi connectivity index (χ2n) is 4.23. The van der Waals surface area contributed by atoms with Crippen molar-refractivity contribution in [1.82, 2.24) is 15.7 Å². The number of nitrogens with one attached hydrogen (secondary N) is 2. The standard InChI is InChI=1S/C15H12N4O2/c20-15(19-12-4-2-8-17-18-10-12)14-6-5-13(21-14)11-3-1-7-16-9-11/h1-10,17H,(H,19,20). The van der Waals surface area contributed by atoms with Crippen LogP contribution in [0.5, 0.6) is 0 Å². The van der Waals surface area contributed by atoms with Gasteiger partial charge in [-0.1, -0.05) is 0 Å². The molecule has 6 nitrogen and oxygen atoms in total. The van der Waals surface area contributed by atoms with E-state index in [1.165, 1.54) is 6.21 Å². The first-order valence-electron chi connectivity index (χ1n) is 6.30. The molecule has 0 aromatic carbocycles. The third kappa shape index (κ3) is 3.06. The van der Waals surface area contributed by atoms with Gasteiger partial charge in [-0.2, -0.15) is 5.10 Å². The Kier molecular flexibility index (Phi) is 3.60. The van der Waals surface area contributed by atoms with Crippen LogP contribution in [0.4, 0.5) is 0 Å². The lowest BCUT2D eigenvalue weighted by atomic mass is 10.2. The van der Waals surface area contributed by atoms with Crippen molar-refractivity contribution >= 4 is 12.1 Å². The topological polar surface area (TPSA) is 79.5 Å². The van der Waals surface area contributed by atoms with Gasteiger partial charge in [0.25, 0.3) is 5.91 Å². The van der Waals surface area contributed by atoms with Crippen LogP contribution in [0.25, 0.3) is 11.3 Å². The molecule has 0 fully saturated rings. The van der Waals surface area contributed by atoms with E-state index in [-0.39, 0.29) is 11.7 Å². The van der Waals surface area contributed by atoms with Gasteiger partial charge in [0, 0.05) is 24.2 Å². The van der Waals surface area contributed by atoms with E-state index in [2.05, 4.69) is 20.8 Å². The monoisotopic (exact) mass is 280 g/mol. The van der Waals surface area contributed by atoms with E-state index >= 15 is 0 Å². The number of aromatic nitrogens is 1. The molecule has 0 unspecified atom stereocenters. The second-order valence-corrected chi connectivity index (χ2v) is 4.23. The van der Waals surface area contributed by atoms with Crippen LogP contribution in [0.1, 0.15) is 10.6 Å². The smallest absolute Gasteiger partial charge is 0.291 e. The summed E-state index contributed by atoms with van der Waals surface area (Å²) >= 11 is 0. The van der Waals surface area contributed by atoms with Gasteiger partial charge in [-0.3, -0.25) is 15.2 Å². The highest BCUT2D eigenvalue weighted by Crippen LogP contribution is 2.20. The highest BCUT2D eigenvalue weighted by Gasteiger charge is 2.13. The number of hydrazone groups is 1. The van der Waals surface area contributed by atoms with E-state index in [0.717, 1.165) is 5.56 Å². The Bertz CT molecular complexity index is 729. The van der Waals surface area contributed by atoms with Gasteiger partial charge in [0.1, 0.15) is 5.76 Å². The zero-order valence-electron chi connectivity index (χ0n) is 11.0. The number of carbonyl (C=O) groups is 1. The van der Waals surface area contributed by atoms with Gasteiger partial charge in [0.2, 0.25) is 0 Å². The molecule has 1 aliphatic rings. The predicted octanol–water partition coefficient (Wildman–Crippen LogP) is 2.06. The van der Waals surface area contributed by atoms with Gasteiger partial charge in [0.05, 0.1) is 11.9 Å². The minimum atomic E-state index is -0.335. The zero-order valence-corrected chi connectivity index (χ0v) is 11.0. The Morgan fingerprint density at radius 3 is 3.10 bits per heavy atom. The highest BCUT2D eigenvalue weighted by molar-refractivity contribution is 5.97. The summed E-state index contributed by atoms with van der Waals surface area (Å²) in [4.78, 5) is 16.1. The van der Waals surface area contributed by atoms with Gasteiger partial charge < -0.3 is 9.73 Å². The first kappa shape index (κ1) is 12.9. The van der Waals surface area contributed by atoms with Crippen molar-refractivity contribution in [2.24, 2.45) is 5.10 Å². The molecule has 2 N–H and O–H groups in total. The molecule has 0 saturated carbocycles. The molecule has 0 atom stereocenters. The number of hydrogen-bond acceptors (Lipinski definition) is 5. The summed E-state index contributed by atoms with van der Waals surface area (Å²) in [7, 11) is 0.